The van der Waals surface area contributed by atoms with Gasteiger partial charge in [0, 0.05) is 12.7 Å². The Kier molecular flexibility index (Phi) is 5.09. The molecule has 0 saturated carbocycles. The summed E-state index contributed by atoms with van der Waals surface area (Å²) < 4.78 is 0. The second-order valence-electron chi connectivity index (χ2n) is 2.17. The molecule has 2 unspecified atom stereocenters. The molecule has 0 rings (SSSR count). The Bertz CT molecular complexity index is 219. The maximum atomic E-state index is 10.8. The predicted molar refractivity (Wildman–Crippen MR) is 51.2 cm³/mol. The van der Waals surface area contributed by atoms with Gasteiger partial charge in [-0.25, -0.2) is 0 Å². The number of thiol groups is 1. The van der Waals surface area contributed by atoms with Gasteiger partial charge in [0.05, 0.1) is 0 Å². The van der Waals surface area contributed by atoms with Crippen LogP contribution in [0.25, 0.3) is 0 Å². The van der Waals surface area contributed by atoms with E-state index in [-0.39, 0.29) is 11.3 Å². The fraction of sp³-hybridized carbons (Fsp3) is 0.500. The largest absolute Gasteiger partial charge is 0.339 e. The number of carbonyl (C=O) groups excluding carboxylic acids is 3. The topological polar surface area (TPSA) is 63.2 Å². The van der Waals surface area contributed by atoms with Crippen LogP contribution in [0.5, 0.6) is 0 Å². The van der Waals surface area contributed by atoms with Crippen molar-refractivity contribution in [1.29, 1.82) is 0 Å². The monoisotopic (exact) mass is 207 g/mol. The van der Waals surface area contributed by atoms with E-state index < -0.39 is 17.7 Å². The fourth-order valence-corrected chi connectivity index (χ4v) is 1.14. The maximum Gasteiger partial charge on any atom is 0.287 e. The number of hydrogen-bond acceptors (Lipinski definition) is 4. The normalized spacial score (nSPS) is 11.9. The smallest absolute Gasteiger partial charge is 0.287 e. The molecule has 2 atom stereocenters. The molecule has 0 aliphatic carbocycles. The van der Waals surface area contributed by atoms with E-state index in [0.717, 1.165) is 6.92 Å². The first-order valence-corrected chi connectivity index (χ1v) is 4.41. The number of rotatable bonds is 4. The van der Waals surface area contributed by atoms with Crippen LogP contribution >= 0.6 is 21.9 Å². The van der Waals surface area contributed by atoms with E-state index in [4.69, 9.17) is 0 Å². The van der Waals surface area contributed by atoms with E-state index >= 15 is 0 Å². The average Bonchev–Trinajstić information content (AvgIpc) is 1.98. The number of Topliss-reactive ketones (excluding diaryl/α,β-unsaturated/α-hetero) is 1. The first-order chi connectivity index (χ1) is 5.49. The number of amides is 1. The third kappa shape index (κ3) is 3.83. The SMILES string of the molecule is CC(=O)C(=O)NC(CS)C(=O)P. The number of carbonyl (C=O) groups is 3. The minimum Gasteiger partial charge on any atom is -0.339 e. The van der Waals surface area contributed by atoms with Gasteiger partial charge < -0.3 is 5.32 Å². The quantitative estimate of drug-likeness (QED) is 0.367. The van der Waals surface area contributed by atoms with Crippen LogP contribution in [0.1, 0.15) is 6.92 Å². The van der Waals surface area contributed by atoms with Crippen LogP contribution in [0.4, 0.5) is 0 Å². The highest BCUT2D eigenvalue weighted by Gasteiger charge is 2.17. The van der Waals surface area contributed by atoms with Crippen LogP contribution in [0, 0.1) is 0 Å². The predicted octanol–water partition coefficient (Wildman–Crippen LogP) is -0.608. The molecule has 1 N–H and O–H groups in total. The summed E-state index contributed by atoms with van der Waals surface area (Å²) in [6, 6.07) is -0.699. The Hall–Kier alpha value is -0.410. The molecule has 12 heavy (non-hydrogen) atoms. The Morgan fingerprint density at radius 2 is 2.00 bits per heavy atom. The van der Waals surface area contributed by atoms with Crippen molar-refractivity contribution in [1.82, 2.24) is 5.32 Å². The lowest BCUT2D eigenvalue weighted by Gasteiger charge is -2.10. The van der Waals surface area contributed by atoms with Crippen molar-refractivity contribution < 1.29 is 14.4 Å². The van der Waals surface area contributed by atoms with Crippen LogP contribution in [0.2, 0.25) is 0 Å². The molecular formula is C6H10NO3PS. The molecule has 0 aromatic rings. The highest BCUT2D eigenvalue weighted by atomic mass is 32.1. The molecular weight excluding hydrogens is 197 g/mol. The van der Waals surface area contributed by atoms with Gasteiger partial charge in [0.25, 0.3) is 5.91 Å². The first-order valence-electron chi connectivity index (χ1n) is 3.20. The third-order valence-corrected chi connectivity index (χ3v) is 1.92. The zero-order valence-electron chi connectivity index (χ0n) is 6.53. The van der Waals surface area contributed by atoms with E-state index in [1.54, 1.807) is 0 Å². The van der Waals surface area contributed by atoms with Crippen molar-refractivity contribution in [3.63, 3.8) is 0 Å². The zero-order chi connectivity index (χ0) is 9.72. The van der Waals surface area contributed by atoms with E-state index in [1.807, 2.05) is 9.24 Å². The lowest BCUT2D eigenvalue weighted by atomic mass is 10.3. The molecule has 68 valence electrons. The Labute approximate surface area is 78.1 Å². The molecule has 0 aromatic carbocycles. The van der Waals surface area contributed by atoms with Crippen molar-refractivity contribution in [3.8, 4) is 0 Å². The summed E-state index contributed by atoms with van der Waals surface area (Å²) in [5, 5.41) is 2.23. The Morgan fingerprint density at radius 3 is 2.25 bits per heavy atom. The molecule has 0 spiro atoms. The van der Waals surface area contributed by atoms with E-state index in [9.17, 15) is 14.4 Å². The van der Waals surface area contributed by atoms with Gasteiger partial charge in [0.15, 0.2) is 5.52 Å². The molecule has 0 saturated heterocycles. The Morgan fingerprint density at radius 1 is 1.50 bits per heavy atom. The molecule has 0 aliphatic heterocycles. The molecule has 6 heteroatoms. The van der Waals surface area contributed by atoms with Crippen molar-refractivity contribution in [3.05, 3.63) is 0 Å². The third-order valence-electron chi connectivity index (χ3n) is 1.15. The summed E-state index contributed by atoms with van der Waals surface area (Å²) in [5.41, 5.74) is -0.292. The first kappa shape index (κ1) is 11.6. The maximum absolute atomic E-state index is 10.8. The average molecular weight is 207 g/mol. The molecule has 0 aromatic heterocycles. The highest BCUT2D eigenvalue weighted by Crippen LogP contribution is 1.96. The molecule has 0 fully saturated rings. The van der Waals surface area contributed by atoms with Gasteiger partial charge in [-0.1, -0.05) is 9.24 Å². The van der Waals surface area contributed by atoms with Crippen molar-refractivity contribution in [2.45, 2.75) is 13.0 Å². The van der Waals surface area contributed by atoms with Crippen LogP contribution in [-0.4, -0.2) is 29.0 Å². The van der Waals surface area contributed by atoms with Gasteiger partial charge in [-0.05, 0) is 0 Å². The highest BCUT2D eigenvalue weighted by molar-refractivity contribution is 7.80. The molecule has 1 amide bonds. The number of ketones is 1. The van der Waals surface area contributed by atoms with Gasteiger partial charge in [0.2, 0.25) is 5.78 Å². The van der Waals surface area contributed by atoms with Gasteiger partial charge in [-0.3, -0.25) is 14.4 Å². The molecule has 4 nitrogen and oxygen atoms in total. The van der Waals surface area contributed by atoms with Gasteiger partial charge >= 0.3 is 0 Å². The lowest BCUT2D eigenvalue weighted by Crippen LogP contribution is -2.42. The van der Waals surface area contributed by atoms with Gasteiger partial charge in [-0.15, -0.1) is 0 Å². The van der Waals surface area contributed by atoms with Crippen molar-refractivity contribution in [2.24, 2.45) is 0 Å². The second-order valence-corrected chi connectivity index (χ2v) is 3.10. The van der Waals surface area contributed by atoms with E-state index in [2.05, 4.69) is 17.9 Å². The van der Waals surface area contributed by atoms with Crippen molar-refractivity contribution >= 4 is 39.1 Å². The standard InChI is InChI=1S/C6H10NO3PS/c1-3(8)5(9)7-4(2-12)6(10)11/h4,12H,2,11H2,1H3,(H,7,9). The summed E-state index contributed by atoms with van der Waals surface area (Å²) in [7, 11) is 1.93. The number of hydrogen-bond donors (Lipinski definition) is 2. The Balaban J connectivity index is 4.12. The zero-order valence-corrected chi connectivity index (χ0v) is 8.58. The van der Waals surface area contributed by atoms with Gasteiger partial charge in [-0.2, -0.15) is 12.6 Å². The van der Waals surface area contributed by atoms with Gasteiger partial charge in [0.1, 0.15) is 6.04 Å². The van der Waals surface area contributed by atoms with Crippen LogP contribution in [0.3, 0.4) is 0 Å². The minimum absolute atomic E-state index is 0.182. The second kappa shape index (κ2) is 5.27. The van der Waals surface area contributed by atoms with Crippen LogP contribution in [-0.2, 0) is 14.4 Å². The summed E-state index contributed by atoms with van der Waals surface area (Å²) in [5.74, 6) is -1.20. The molecule has 0 bridgehead atoms. The summed E-state index contributed by atoms with van der Waals surface area (Å²) >= 11 is 3.84. The minimum atomic E-state index is -0.759. The fourth-order valence-electron chi connectivity index (χ4n) is 0.467. The van der Waals surface area contributed by atoms with Crippen molar-refractivity contribution in [2.75, 3.05) is 5.75 Å². The summed E-state index contributed by atoms with van der Waals surface area (Å²) in [4.78, 5) is 31.9. The van der Waals surface area contributed by atoms with E-state index in [1.165, 1.54) is 0 Å². The molecule has 0 heterocycles. The summed E-state index contributed by atoms with van der Waals surface area (Å²) in [6.07, 6.45) is 0. The number of nitrogens with one attached hydrogen (secondary N) is 1. The molecule has 0 aliphatic rings. The van der Waals surface area contributed by atoms with Crippen LogP contribution < -0.4 is 5.32 Å². The molecule has 0 radical (unpaired) electrons. The summed E-state index contributed by atoms with van der Waals surface area (Å²) in [6.45, 7) is 1.14. The lowest BCUT2D eigenvalue weighted by molar-refractivity contribution is -0.137. The van der Waals surface area contributed by atoms with Crippen LogP contribution in [0.15, 0.2) is 0 Å². The van der Waals surface area contributed by atoms with E-state index in [0.29, 0.717) is 0 Å².